The van der Waals surface area contributed by atoms with Gasteiger partial charge in [-0.15, -0.1) is 0 Å². The zero-order valence-electron chi connectivity index (χ0n) is 15.6. The molecule has 0 radical (unpaired) electrons. The van der Waals surface area contributed by atoms with Gasteiger partial charge in [-0.05, 0) is 61.2 Å². The summed E-state index contributed by atoms with van der Waals surface area (Å²) in [7, 11) is 0. The predicted octanol–water partition coefficient (Wildman–Crippen LogP) is 3.23. The van der Waals surface area contributed by atoms with Crippen LogP contribution in [0.1, 0.15) is 30.0 Å². The smallest absolute Gasteiger partial charge is 0.224 e. The molecule has 1 saturated heterocycles. The number of nitrogens with one attached hydrogen (secondary N) is 2. The molecule has 4 heteroatoms. The van der Waals surface area contributed by atoms with Crippen LogP contribution >= 0.6 is 0 Å². The molecule has 26 heavy (non-hydrogen) atoms. The maximum atomic E-state index is 12.4. The van der Waals surface area contributed by atoms with Crippen LogP contribution in [0.3, 0.4) is 0 Å². The summed E-state index contributed by atoms with van der Waals surface area (Å²) in [5.74, 6) is 1.35. The summed E-state index contributed by atoms with van der Waals surface area (Å²) in [6, 6.07) is 16.3. The van der Waals surface area contributed by atoms with E-state index >= 15 is 0 Å². The van der Waals surface area contributed by atoms with Crippen LogP contribution in [-0.4, -0.2) is 25.0 Å². The van der Waals surface area contributed by atoms with E-state index in [4.69, 9.17) is 4.74 Å². The van der Waals surface area contributed by atoms with Crippen LogP contribution in [-0.2, 0) is 17.8 Å². The molecule has 2 aromatic carbocycles. The number of amides is 1. The average Bonchev–Trinajstić information content (AvgIpc) is 2.63. The molecule has 1 aliphatic rings. The minimum Gasteiger partial charge on any atom is -0.489 e. The highest BCUT2D eigenvalue weighted by Crippen LogP contribution is 2.17. The number of rotatable bonds is 6. The number of carbonyl (C=O) groups is 1. The lowest BCUT2D eigenvalue weighted by Crippen LogP contribution is -2.48. The SMILES string of the molecule is Cc1ccccc1COc1cccc(CC(=O)NC2CCNCC2C)c1. The molecule has 138 valence electrons. The molecule has 2 atom stereocenters. The van der Waals surface area contributed by atoms with Gasteiger partial charge in [-0.3, -0.25) is 4.79 Å². The van der Waals surface area contributed by atoms with Crippen LogP contribution in [0, 0.1) is 12.8 Å². The number of hydrogen-bond acceptors (Lipinski definition) is 3. The molecule has 2 aromatic rings. The maximum absolute atomic E-state index is 12.4. The Morgan fingerprint density at radius 1 is 1.23 bits per heavy atom. The molecule has 1 aliphatic heterocycles. The summed E-state index contributed by atoms with van der Waals surface area (Å²) in [5, 5.41) is 6.54. The molecule has 2 unspecified atom stereocenters. The number of piperidine rings is 1. The largest absolute Gasteiger partial charge is 0.489 e. The molecule has 1 amide bonds. The molecule has 0 aromatic heterocycles. The van der Waals surface area contributed by atoms with Crippen molar-refractivity contribution < 1.29 is 9.53 Å². The molecular weight excluding hydrogens is 324 g/mol. The van der Waals surface area contributed by atoms with Crippen LogP contribution in [0.25, 0.3) is 0 Å². The first-order chi connectivity index (χ1) is 12.6. The zero-order valence-corrected chi connectivity index (χ0v) is 15.6. The fourth-order valence-corrected chi connectivity index (χ4v) is 3.35. The highest BCUT2D eigenvalue weighted by atomic mass is 16.5. The van der Waals surface area contributed by atoms with Gasteiger partial charge in [-0.1, -0.05) is 43.3 Å². The second-order valence-electron chi connectivity index (χ2n) is 7.18. The Kier molecular flexibility index (Phi) is 6.29. The zero-order chi connectivity index (χ0) is 18.4. The molecule has 1 heterocycles. The van der Waals surface area contributed by atoms with E-state index in [1.165, 1.54) is 11.1 Å². The molecule has 0 aliphatic carbocycles. The third kappa shape index (κ3) is 5.09. The fourth-order valence-electron chi connectivity index (χ4n) is 3.35. The lowest BCUT2D eigenvalue weighted by Gasteiger charge is -2.30. The quantitative estimate of drug-likeness (QED) is 0.839. The first-order valence-electron chi connectivity index (χ1n) is 9.38. The van der Waals surface area contributed by atoms with Gasteiger partial charge in [0.1, 0.15) is 12.4 Å². The van der Waals surface area contributed by atoms with E-state index < -0.39 is 0 Å². The van der Waals surface area contributed by atoms with Crippen molar-refractivity contribution >= 4 is 5.91 Å². The summed E-state index contributed by atoms with van der Waals surface area (Å²) in [6.45, 7) is 6.73. The van der Waals surface area contributed by atoms with Crippen LogP contribution in [0.2, 0.25) is 0 Å². The first kappa shape index (κ1) is 18.5. The van der Waals surface area contributed by atoms with Gasteiger partial charge in [0.2, 0.25) is 5.91 Å². The van der Waals surface area contributed by atoms with Crippen molar-refractivity contribution in [2.75, 3.05) is 13.1 Å². The van der Waals surface area contributed by atoms with E-state index in [9.17, 15) is 4.79 Å². The Morgan fingerprint density at radius 3 is 2.88 bits per heavy atom. The number of carbonyl (C=O) groups excluding carboxylic acids is 1. The second kappa shape index (κ2) is 8.86. The predicted molar refractivity (Wildman–Crippen MR) is 104 cm³/mol. The highest BCUT2D eigenvalue weighted by Gasteiger charge is 2.22. The van der Waals surface area contributed by atoms with Gasteiger partial charge in [0, 0.05) is 6.04 Å². The Bertz CT molecular complexity index is 744. The molecule has 4 nitrogen and oxygen atoms in total. The van der Waals surface area contributed by atoms with E-state index in [1.807, 2.05) is 36.4 Å². The van der Waals surface area contributed by atoms with Crippen LogP contribution in [0.5, 0.6) is 5.75 Å². The first-order valence-corrected chi connectivity index (χ1v) is 9.38. The molecule has 1 fully saturated rings. The summed E-state index contributed by atoms with van der Waals surface area (Å²) in [4.78, 5) is 12.4. The number of aryl methyl sites for hydroxylation is 1. The van der Waals surface area contributed by atoms with Crippen molar-refractivity contribution in [3.8, 4) is 5.75 Å². The molecule has 0 spiro atoms. The Labute approximate surface area is 156 Å². The normalized spacial score (nSPS) is 19.8. The summed E-state index contributed by atoms with van der Waals surface area (Å²) < 4.78 is 5.92. The third-order valence-electron chi connectivity index (χ3n) is 5.05. The standard InChI is InChI=1S/C22H28N2O2/c1-16-6-3-4-8-19(16)15-26-20-9-5-7-18(12-20)13-22(25)24-21-10-11-23-14-17(21)2/h3-9,12,17,21,23H,10-11,13-15H2,1-2H3,(H,24,25). The van der Waals surface area contributed by atoms with E-state index in [0.717, 1.165) is 30.8 Å². The van der Waals surface area contributed by atoms with E-state index in [2.05, 4.69) is 36.6 Å². The Hall–Kier alpha value is -2.33. The molecule has 3 rings (SSSR count). The average molecular weight is 352 g/mol. The van der Waals surface area contributed by atoms with Gasteiger partial charge in [0.15, 0.2) is 0 Å². The van der Waals surface area contributed by atoms with Crippen LogP contribution in [0.4, 0.5) is 0 Å². The van der Waals surface area contributed by atoms with Crippen molar-refractivity contribution in [3.05, 3.63) is 65.2 Å². The second-order valence-corrected chi connectivity index (χ2v) is 7.18. The van der Waals surface area contributed by atoms with Crippen molar-refractivity contribution in [2.24, 2.45) is 5.92 Å². The van der Waals surface area contributed by atoms with E-state index in [0.29, 0.717) is 18.9 Å². The summed E-state index contributed by atoms with van der Waals surface area (Å²) in [5.41, 5.74) is 3.38. The minimum atomic E-state index is 0.0832. The number of hydrogen-bond donors (Lipinski definition) is 2. The third-order valence-corrected chi connectivity index (χ3v) is 5.05. The van der Waals surface area contributed by atoms with Gasteiger partial charge >= 0.3 is 0 Å². The number of benzene rings is 2. The van der Waals surface area contributed by atoms with Crippen LogP contribution < -0.4 is 15.4 Å². The van der Waals surface area contributed by atoms with E-state index in [1.54, 1.807) is 0 Å². The number of ether oxygens (including phenoxy) is 1. The van der Waals surface area contributed by atoms with Crippen molar-refractivity contribution in [2.45, 2.75) is 39.3 Å². The highest BCUT2D eigenvalue weighted by molar-refractivity contribution is 5.79. The minimum absolute atomic E-state index is 0.0832. The molecule has 0 bridgehead atoms. The Balaban J connectivity index is 1.55. The molecule has 0 saturated carbocycles. The lowest BCUT2D eigenvalue weighted by atomic mass is 9.95. The van der Waals surface area contributed by atoms with Crippen molar-refractivity contribution in [1.29, 1.82) is 0 Å². The molecular formula is C22H28N2O2. The Morgan fingerprint density at radius 2 is 2.08 bits per heavy atom. The molecule has 2 N–H and O–H groups in total. The van der Waals surface area contributed by atoms with Crippen molar-refractivity contribution in [1.82, 2.24) is 10.6 Å². The lowest BCUT2D eigenvalue weighted by molar-refractivity contribution is -0.121. The van der Waals surface area contributed by atoms with Gasteiger partial charge in [-0.2, -0.15) is 0 Å². The monoisotopic (exact) mass is 352 g/mol. The van der Waals surface area contributed by atoms with Gasteiger partial charge in [0.25, 0.3) is 0 Å². The summed E-state index contributed by atoms with van der Waals surface area (Å²) >= 11 is 0. The van der Waals surface area contributed by atoms with E-state index in [-0.39, 0.29) is 11.9 Å². The topological polar surface area (TPSA) is 50.4 Å². The van der Waals surface area contributed by atoms with Crippen molar-refractivity contribution in [3.63, 3.8) is 0 Å². The summed E-state index contributed by atoms with van der Waals surface area (Å²) in [6.07, 6.45) is 1.38. The fraction of sp³-hybridized carbons (Fsp3) is 0.409. The van der Waals surface area contributed by atoms with Gasteiger partial charge in [0.05, 0.1) is 6.42 Å². The van der Waals surface area contributed by atoms with Gasteiger partial charge in [-0.25, -0.2) is 0 Å². The van der Waals surface area contributed by atoms with Crippen LogP contribution in [0.15, 0.2) is 48.5 Å². The maximum Gasteiger partial charge on any atom is 0.224 e. The van der Waals surface area contributed by atoms with Gasteiger partial charge < -0.3 is 15.4 Å².